The van der Waals surface area contributed by atoms with E-state index in [1.165, 1.54) is 10.2 Å². The Morgan fingerprint density at radius 2 is 1.90 bits per heavy atom. The highest BCUT2D eigenvalue weighted by Crippen LogP contribution is 2.32. The van der Waals surface area contributed by atoms with Gasteiger partial charge in [-0.3, -0.25) is 4.68 Å². The maximum Gasteiger partial charge on any atom is 0.0766 e. The highest BCUT2D eigenvalue weighted by molar-refractivity contribution is 9.10. The van der Waals surface area contributed by atoms with Crippen molar-refractivity contribution in [1.29, 1.82) is 0 Å². The van der Waals surface area contributed by atoms with Crippen LogP contribution in [-0.2, 0) is 19.9 Å². The van der Waals surface area contributed by atoms with E-state index in [0.29, 0.717) is 12.0 Å². The Morgan fingerprint density at radius 3 is 2.30 bits per heavy atom. The van der Waals surface area contributed by atoms with Crippen LogP contribution in [0.4, 0.5) is 0 Å². The topological polar surface area (TPSA) is 29.9 Å². The number of nitrogens with one attached hydrogen (secondary N) is 1. The smallest absolute Gasteiger partial charge is 0.0766 e. The lowest BCUT2D eigenvalue weighted by Crippen LogP contribution is -2.36. The highest BCUT2D eigenvalue weighted by Gasteiger charge is 2.27. The lowest BCUT2D eigenvalue weighted by molar-refractivity contribution is 0.223. The molecular formula is C16H30BrN3. The number of hydrogen-bond acceptors (Lipinski definition) is 2. The van der Waals surface area contributed by atoms with E-state index in [9.17, 15) is 0 Å². The molecule has 0 spiro atoms. The van der Waals surface area contributed by atoms with Crippen LogP contribution in [0.3, 0.4) is 0 Å². The molecule has 0 aliphatic carbocycles. The highest BCUT2D eigenvalue weighted by atomic mass is 79.9. The predicted molar refractivity (Wildman–Crippen MR) is 90.1 cm³/mol. The summed E-state index contributed by atoms with van der Waals surface area (Å²) in [5, 5.41) is 8.20. The summed E-state index contributed by atoms with van der Waals surface area (Å²) in [4.78, 5) is 0. The number of nitrogens with zero attached hydrogens (tertiary/aromatic N) is 2. The van der Waals surface area contributed by atoms with Crippen molar-refractivity contribution in [2.24, 2.45) is 18.4 Å². The van der Waals surface area contributed by atoms with E-state index in [4.69, 9.17) is 0 Å². The molecule has 0 amide bonds. The van der Waals surface area contributed by atoms with Gasteiger partial charge in [-0.1, -0.05) is 41.5 Å². The summed E-state index contributed by atoms with van der Waals surface area (Å²) in [6, 6.07) is 0.529. The minimum atomic E-state index is 0.276. The first-order valence-electron chi connectivity index (χ1n) is 7.60. The molecule has 1 unspecified atom stereocenters. The zero-order valence-corrected chi connectivity index (χ0v) is 15.6. The summed E-state index contributed by atoms with van der Waals surface area (Å²) < 4.78 is 3.23. The molecule has 1 heterocycles. The molecule has 116 valence electrons. The van der Waals surface area contributed by atoms with Crippen LogP contribution in [0.5, 0.6) is 0 Å². The Labute approximate surface area is 132 Å². The molecule has 0 aliphatic heterocycles. The van der Waals surface area contributed by atoms with Gasteiger partial charge in [0.15, 0.2) is 0 Å². The van der Waals surface area contributed by atoms with Crippen LogP contribution in [0.15, 0.2) is 4.47 Å². The van der Waals surface area contributed by atoms with E-state index in [-0.39, 0.29) is 5.41 Å². The third-order valence-electron chi connectivity index (χ3n) is 3.94. The molecule has 0 aliphatic rings. The molecule has 1 aromatic rings. The maximum absolute atomic E-state index is 4.61. The Morgan fingerprint density at radius 1 is 1.30 bits per heavy atom. The average Bonchev–Trinajstić information content (AvgIpc) is 2.58. The first kappa shape index (κ1) is 17.7. The van der Waals surface area contributed by atoms with Crippen molar-refractivity contribution in [3.05, 3.63) is 15.9 Å². The molecule has 1 rings (SSSR count). The van der Waals surface area contributed by atoms with Gasteiger partial charge in [-0.05, 0) is 46.6 Å². The van der Waals surface area contributed by atoms with Gasteiger partial charge in [-0.15, -0.1) is 0 Å². The fraction of sp³-hybridized carbons (Fsp3) is 0.812. The third kappa shape index (κ3) is 4.59. The summed E-state index contributed by atoms with van der Waals surface area (Å²) in [7, 11) is 2.05. The van der Waals surface area contributed by atoms with Crippen LogP contribution in [0.1, 0.15) is 52.9 Å². The van der Waals surface area contributed by atoms with Crippen LogP contribution in [0.2, 0.25) is 0 Å². The minimum Gasteiger partial charge on any atom is -0.314 e. The van der Waals surface area contributed by atoms with E-state index in [2.05, 4.69) is 74.9 Å². The molecule has 0 fully saturated rings. The first-order valence-corrected chi connectivity index (χ1v) is 8.39. The summed E-state index contributed by atoms with van der Waals surface area (Å²) in [6.45, 7) is 14.6. The summed E-state index contributed by atoms with van der Waals surface area (Å²) in [6.07, 6.45) is 2.02. The summed E-state index contributed by atoms with van der Waals surface area (Å²) in [5.74, 6) is 0.585. The van der Waals surface area contributed by atoms with Crippen LogP contribution in [0.25, 0.3) is 0 Å². The molecule has 0 aromatic carbocycles. The van der Waals surface area contributed by atoms with Crippen molar-refractivity contribution in [2.75, 3.05) is 6.54 Å². The lowest BCUT2D eigenvalue weighted by atomic mass is 9.78. The van der Waals surface area contributed by atoms with E-state index in [1.807, 2.05) is 4.68 Å². The molecule has 1 N–H and O–H groups in total. The second-order valence-corrected chi connectivity index (χ2v) is 7.81. The molecule has 4 heteroatoms. The molecule has 1 aromatic heterocycles. The van der Waals surface area contributed by atoms with Crippen molar-refractivity contribution in [3.63, 3.8) is 0 Å². The lowest BCUT2D eigenvalue weighted by Gasteiger charge is -2.32. The normalized spacial score (nSPS) is 14.1. The quantitative estimate of drug-likeness (QED) is 0.847. The number of aryl methyl sites for hydroxylation is 2. The Bertz CT molecular complexity index is 430. The monoisotopic (exact) mass is 343 g/mol. The van der Waals surface area contributed by atoms with E-state index in [1.54, 1.807) is 0 Å². The van der Waals surface area contributed by atoms with Crippen molar-refractivity contribution < 1.29 is 0 Å². The molecule has 1 atom stereocenters. The van der Waals surface area contributed by atoms with Gasteiger partial charge in [-0.25, -0.2) is 0 Å². The summed E-state index contributed by atoms with van der Waals surface area (Å²) in [5.41, 5.74) is 2.75. The molecule has 0 saturated carbocycles. The fourth-order valence-electron chi connectivity index (χ4n) is 2.34. The molecular weight excluding hydrogens is 314 g/mol. The number of halogens is 1. The largest absolute Gasteiger partial charge is 0.314 e. The zero-order chi connectivity index (χ0) is 15.5. The molecule has 20 heavy (non-hydrogen) atoms. The van der Waals surface area contributed by atoms with Crippen LogP contribution >= 0.6 is 15.9 Å². The van der Waals surface area contributed by atoms with Gasteiger partial charge in [-0.2, -0.15) is 5.10 Å². The van der Waals surface area contributed by atoms with Gasteiger partial charge in [0, 0.05) is 13.1 Å². The third-order valence-corrected chi connectivity index (χ3v) is 4.86. The Hall–Kier alpha value is -0.350. The van der Waals surface area contributed by atoms with Crippen LogP contribution in [0, 0.1) is 11.3 Å². The number of rotatable bonds is 6. The van der Waals surface area contributed by atoms with E-state index >= 15 is 0 Å². The fourth-order valence-corrected chi connectivity index (χ4v) is 3.12. The molecule has 0 radical (unpaired) electrons. The van der Waals surface area contributed by atoms with Crippen molar-refractivity contribution in [1.82, 2.24) is 15.1 Å². The Balaban J connectivity index is 2.92. The van der Waals surface area contributed by atoms with Gasteiger partial charge in [0.2, 0.25) is 0 Å². The second-order valence-electron chi connectivity index (χ2n) is 7.01. The molecule has 0 bridgehead atoms. The van der Waals surface area contributed by atoms with Crippen molar-refractivity contribution in [3.8, 4) is 0 Å². The van der Waals surface area contributed by atoms with Gasteiger partial charge < -0.3 is 5.32 Å². The SMILES string of the molecule is CCc1nn(C)c(CC(CNC(C)C)C(C)(C)C)c1Br. The van der Waals surface area contributed by atoms with Gasteiger partial charge in [0.05, 0.1) is 15.9 Å². The van der Waals surface area contributed by atoms with Gasteiger partial charge in [0.1, 0.15) is 0 Å². The maximum atomic E-state index is 4.61. The van der Waals surface area contributed by atoms with Crippen molar-refractivity contribution >= 4 is 15.9 Å². The van der Waals surface area contributed by atoms with E-state index < -0.39 is 0 Å². The second kappa shape index (κ2) is 7.08. The standard InChI is InChI=1S/C16H30BrN3/c1-8-13-15(17)14(20(7)19-13)9-12(16(4,5)6)10-18-11(2)3/h11-12,18H,8-10H2,1-7H3. The van der Waals surface area contributed by atoms with Crippen LogP contribution in [-0.4, -0.2) is 22.4 Å². The Kier molecular flexibility index (Phi) is 6.26. The van der Waals surface area contributed by atoms with E-state index in [0.717, 1.165) is 25.1 Å². The van der Waals surface area contributed by atoms with Gasteiger partial charge in [0.25, 0.3) is 0 Å². The number of hydrogen-bond donors (Lipinski definition) is 1. The van der Waals surface area contributed by atoms with Gasteiger partial charge >= 0.3 is 0 Å². The first-order chi connectivity index (χ1) is 9.16. The number of aromatic nitrogens is 2. The van der Waals surface area contributed by atoms with Crippen molar-refractivity contribution in [2.45, 2.75) is 60.4 Å². The van der Waals surface area contributed by atoms with Crippen LogP contribution < -0.4 is 5.32 Å². The molecule has 3 nitrogen and oxygen atoms in total. The zero-order valence-electron chi connectivity index (χ0n) is 14.0. The minimum absolute atomic E-state index is 0.276. The molecule has 0 saturated heterocycles. The summed E-state index contributed by atoms with van der Waals surface area (Å²) >= 11 is 3.73. The predicted octanol–water partition coefficient (Wildman–Crippen LogP) is 3.95. The average molecular weight is 344 g/mol.